The average Bonchev–Trinajstić information content (AvgIpc) is 0.722. The Morgan fingerprint density at radius 2 is 1.14 bits per heavy atom. The fourth-order valence-corrected chi connectivity index (χ4v) is 0. The first kappa shape index (κ1) is 16.2. The summed E-state index contributed by atoms with van der Waals surface area (Å²) in [4.78, 5) is 0. The van der Waals surface area contributed by atoms with Gasteiger partial charge in [-0.2, -0.15) is 8.42 Å². The molecule has 0 aromatic rings. The van der Waals surface area contributed by atoms with E-state index in [4.69, 9.17) is 17.5 Å². The summed E-state index contributed by atoms with van der Waals surface area (Å²) in [7, 11) is -4.67. The van der Waals surface area contributed by atoms with Crippen molar-refractivity contribution in [2.45, 2.75) is 0 Å². The summed E-state index contributed by atoms with van der Waals surface area (Å²) in [6.45, 7) is 0. The fraction of sp³-hybridized carbons (Fsp3) is 0. The maximum atomic E-state index is 8.74. The third-order valence-electron chi connectivity index (χ3n) is 0. The van der Waals surface area contributed by atoms with Crippen molar-refractivity contribution in [3.8, 4) is 0 Å². The standard InChI is InChI=1S/Gd.H2O4S.Tb/c;1-5(2,3)4;/h;(H2,1,2,3,4);. The SMILES string of the molecule is O=S(=O)(O)O.[Gd].[Tb]. The molecule has 0 saturated heterocycles. The number of rotatable bonds is 0. The summed E-state index contributed by atoms with van der Waals surface area (Å²) in [5.74, 6) is 0. The van der Waals surface area contributed by atoms with Crippen LogP contribution < -0.4 is 0 Å². The third-order valence-corrected chi connectivity index (χ3v) is 0. The van der Waals surface area contributed by atoms with Crippen LogP contribution in [-0.4, -0.2) is 17.5 Å². The molecule has 0 saturated carbocycles. The summed E-state index contributed by atoms with van der Waals surface area (Å²) in [5.41, 5.74) is 0. The van der Waals surface area contributed by atoms with E-state index in [0.717, 1.165) is 0 Å². The summed E-state index contributed by atoms with van der Waals surface area (Å²) < 4.78 is 31.6. The van der Waals surface area contributed by atoms with Gasteiger partial charge in [0.25, 0.3) is 0 Å². The maximum Gasteiger partial charge on any atom is 0.394 e. The predicted octanol–water partition coefficient (Wildman–Crippen LogP) is -0.653. The molecule has 0 amide bonds. The third kappa shape index (κ3) is 57.9. The van der Waals surface area contributed by atoms with Gasteiger partial charge in [0.2, 0.25) is 0 Å². The molecule has 4 nitrogen and oxygen atoms in total. The summed E-state index contributed by atoms with van der Waals surface area (Å²) in [6, 6.07) is 0. The van der Waals surface area contributed by atoms with Crippen molar-refractivity contribution in [2.75, 3.05) is 0 Å². The van der Waals surface area contributed by atoms with Gasteiger partial charge in [0.15, 0.2) is 0 Å². The van der Waals surface area contributed by atoms with Crippen molar-refractivity contribution < 1.29 is 96.1 Å². The normalized spacial score (nSPS) is 8.29. The van der Waals surface area contributed by atoms with Crippen molar-refractivity contribution in [1.82, 2.24) is 0 Å². The Labute approximate surface area is 104 Å². The van der Waals surface area contributed by atoms with E-state index >= 15 is 0 Å². The molecule has 2 N–H and O–H groups in total. The van der Waals surface area contributed by atoms with Gasteiger partial charge in [-0.25, -0.2) is 0 Å². The summed E-state index contributed by atoms with van der Waals surface area (Å²) in [5, 5.41) is 0. The van der Waals surface area contributed by atoms with Crippen molar-refractivity contribution >= 4 is 10.4 Å². The zero-order valence-electron chi connectivity index (χ0n) is 2.81. The zero-order valence-corrected chi connectivity index (χ0v) is 8.03. The molecule has 49 valence electrons. The van der Waals surface area contributed by atoms with Gasteiger partial charge in [0.05, 0.1) is 0 Å². The molecule has 1 radical (unpaired) electrons. The van der Waals surface area contributed by atoms with E-state index in [1.807, 2.05) is 0 Å². The number of hydrogen-bond donors (Lipinski definition) is 2. The Kier molecular flexibility index (Phi) is 15.3. The van der Waals surface area contributed by atoms with Crippen LogP contribution in [0.25, 0.3) is 0 Å². The Morgan fingerprint density at radius 3 is 1.14 bits per heavy atom. The Hall–Kier alpha value is 2.48. The predicted molar refractivity (Wildman–Crippen MR) is 14.2 cm³/mol. The van der Waals surface area contributed by atoms with Gasteiger partial charge in [-0.15, -0.1) is 0 Å². The van der Waals surface area contributed by atoms with Gasteiger partial charge in [0.1, 0.15) is 0 Å². The van der Waals surface area contributed by atoms with Crippen molar-refractivity contribution in [2.24, 2.45) is 0 Å². The molecule has 0 rings (SSSR count). The van der Waals surface area contributed by atoms with Gasteiger partial charge >= 0.3 is 10.4 Å². The maximum absolute atomic E-state index is 8.74. The molecular weight excluding hydrogens is 412 g/mol. The molecule has 0 spiro atoms. The first-order valence-electron chi connectivity index (χ1n) is 0.698. The van der Waals surface area contributed by atoms with Gasteiger partial charge in [-0.3, -0.25) is 9.11 Å². The average molecular weight is 414 g/mol. The molecule has 0 aromatic carbocycles. The van der Waals surface area contributed by atoms with Crippen LogP contribution in [0.5, 0.6) is 0 Å². The molecule has 0 aliphatic heterocycles. The fourth-order valence-electron chi connectivity index (χ4n) is 0. The van der Waals surface area contributed by atoms with Crippen molar-refractivity contribution in [3.05, 3.63) is 0 Å². The monoisotopic (exact) mass is 415 g/mol. The molecular formula is H2GdO4STb. The second-order valence-electron chi connectivity index (χ2n) is 0.448. The molecule has 0 unspecified atom stereocenters. The quantitative estimate of drug-likeness (QED) is 0.517. The second kappa shape index (κ2) is 6.60. The van der Waals surface area contributed by atoms with E-state index in [0.29, 0.717) is 0 Å². The molecule has 0 aliphatic rings. The largest absolute Gasteiger partial charge is 0.394 e. The zero-order chi connectivity index (χ0) is 4.50. The smallest absolute Gasteiger partial charge is 0.264 e. The van der Waals surface area contributed by atoms with E-state index in [-0.39, 0.29) is 78.6 Å². The van der Waals surface area contributed by atoms with Gasteiger partial charge < -0.3 is 0 Å². The second-order valence-corrected chi connectivity index (χ2v) is 1.34. The van der Waals surface area contributed by atoms with Gasteiger partial charge in [0, 0.05) is 78.6 Å². The molecule has 0 heterocycles. The summed E-state index contributed by atoms with van der Waals surface area (Å²) in [6.07, 6.45) is 0. The Bertz CT molecular complexity index is 94.9. The first-order valence-corrected chi connectivity index (χ1v) is 2.10. The molecule has 0 aromatic heterocycles. The summed E-state index contributed by atoms with van der Waals surface area (Å²) >= 11 is 0. The molecule has 7 heteroatoms. The molecule has 0 aliphatic carbocycles. The Morgan fingerprint density at radius 1 is 1.14 bits per heavy atom. The van der Waals surface area contributed by atoms with E-state index in [1.54, 1.807) is 0 Å². The van der Waals surface area contributed by atoms with Crippen LogP contribution in [0.15, 0.2) is 0 Å². The van der Waals surface area contributed by atoms with Crippen LogP contribution in [0.2, 0.25) is 0 Å². The topological polar surface area (TPSA) is 74.6 Å². The number of hydrogen-bond acceptors (Lipinski definition) is 2. The van der Waals surface area contributed by atoms with Crippen molar-refractivity contribution in [3.63, 3.8) is 0 Å². The first-order chi connectivity index (χ1) is 2.00. The molecule has 0 atom stereocenters. The van der Waals surface area contributed by atoms with E-state index in [1.165, 1.54) is 0 Å². The van der Waals surface area contributed by atoms with Crippen molar-refractivity contribution in [1.29, 1.82) is 0 Å². The van der Waals surface area contributed by atoms with Gasteiger partial charge in [-0.1, -0.05) is 0 Å². The minimum atomic E-state index is -4.67. The van der Waals surface area contributed by atoms with E-state index in [9.17, 15) is 0 Å². The van der Waals surface area contributed by atoms with Crippen LogP contribution >= 0.6 is 0 Å². The molecule has 7 heavy (non-hydrogen) atoms. The van der Waals surface area contributed by atoms with Crippen LogP contribution in [0.1, 0.15) is 0 Å². The minimum Gasteiger partial charge on any atom is -0.264 e. The Balaban J connectivity index is -0.0000000800. The minimum absolute atomic E-state index is 0. The molecule has 0 bridgehead atoms. The van der Waals surface area contributed by atoms with E-state index < -0.39 is 10.4 Å². The van der Waals surface area contributed by atoms with Crippen LogP contribution in [-0.2, 0) is 10.4 Å². The molecule has 0 fully saturated rings. The van der Waals surface area contributed by atoms with Crippen LogP contribution in [0, 0.1) is 78.6 Å². The van der Waals surface area contributed by atoms with E-state index in [2.05, 4.69) is 0 Å². The van der Waals surface area contributed by atoms with Gasteiger partial charge in [-0.05, 0) is 0 Å². The van der Waals surface area contributed by atoms with Crippen LogP contribution in [0.4, 0.5) is 0 Å². The van der Waals surface area contributed by atoms with Crippen LogP contribution in [0.3, 0.4) is 0 Å².